The number of rotatable bonds is 5. The van der Waals surface area contributed by atoms with Gasteiger partial charge in [0.2, 0.25) is 0 Å². The molecule has 0 radical (unpaired) electrons. The van der Waals surface area contributed by atoms with Gasteiger partial charge in [-0.2, -0.15) is 0 Å². The summed E-state index contributed by atoms with van der Waals surface area (Å²) in [6, 6.07) is 33.7. The lowest BCUT2D eigenvalue weighted by Crippen LogP contribution is -1.98. The lowest BCUT2D eigenvalue weighted by Gasteiger charge is -2.16. The topological polar surface area (TPSA) is 27.7 Å². The van der Waals surface area contributed by atoms with Crippen LogP contribution in [0.5, 0.6) is 17.2 Å². The Labute approximate surface area is 198 Å². The van der Waals surface area contributed by atoms with Crippen LogP contribution in [0.1, 0.15) is 5.56 Å². The molecule has 0 aliphatic heterocycles. The maximum Gasteiger partial charge on any atom is 0.162 e. The lowest BCUT2D eigenvalue weighted by molar-refractivity contribution is 0.285. The number of fused-ring (bicyclic) bond motifs is 8. The van der Waals surface area contributed by atoms with Crippen LogP contribution in [-0.4, -0.2) is 14.2 Å². The molecular weight excluding hydrogens is 420 g/mol. The van der Waals surface area contributed by atoms with Crippen molar-refractivity contribution in [3.05, 3.63) is 103 Å². The third-order valence-corrected chi connectivity index (χ3v) is 6.54. The van der Waals surface area contributed by atoms with E-state index in [0.717, 1.165) is 33.6 Å². The average molecular weight is 445 g/mol. The molecule has 0 aliphatic rings. The van der Waals surface area contributed by atoms with Gasteiger partial charge < -0.3 is 14.2 Å². The fourth-order valence-corrected chi connectivity index (χ4v) is 4.90. The minimum atomic E-state index is 0.481. The lowest BCUT2D eigenvalue weighted by atomic mass is 9.91. The first-order valence-electron chi connectivity index (χ1n) is 11.4. The molecule has 0 saturated carbocycles. The fourth-order valence-electron chi connectivity index (χ4n) is 4.90. The molecular formula is C31H24O3. The molecule has 0 N–H and O–H groups in total. The van der Waals surface area contributed by atoms with Gasteiger partial charge in [-0.3, -0.25) is 0 Å². The van der Waals surface area contributed by atoms with E-state index in [1.807, 2.05) is 24.3 Å². The van der Waals surface area contributed by atoms with Crippen LogP contribution in [0.15, 0.2) is 97.1 Å². The molecule has 0 aromatic heterocycles. The standard InChI is InChI=1S/C31H24O3/c1-32-22-13-15-26-28(17-22)24-11-7-6-10-23(24)25-14-12-21-16-29(33-2)30(18-27(21)31(25)26)34-19-20-8-4-3-5-9-20/h3-18H,19H2,1-2H3. The zero-order valence-corrected chi connectivity index (χ0v) is 19.2. The molecule has 0 heterocycles. The van der Waals surface area contributed by atoms with Gasteiger partial charge in [0.25, 0.3) is 0 Å². The number of ether oxygens (including phenoxy) is 3. The van der Waals surface area contributed by atoms with E-state index < -0.39 is 0 Å². The first-order chi connectivity index (χ1) is 16.8. The van der Waals surface area contributed by atoms with Crippen molar-refractivity contribution in [3.8, 4) is 17.2 Å². The van der Waals surface area contributed by atoms with Crippen molar-refractivity contribution in [1.29, 1.82) is 0 Å². The van der Waals surface area contributed by atoms with Crippen LogP contribution in [0.4, 0.5) is 0 Å². The van der Waals surface area contributed by atoms with Gasteiger partial charge in [0.15, 0.2) is 11.5 Å². The summed E-state index contributed by atoms with van der Waals surface area (Å²) in [7, 11) is 3.40. The summed E-state index contributed by atoms with van der Waals surface area (Å²) < 4.78 is 17.5. The summed E-state index contributed by atoms with van der Waals surface area (Å²) in [5, 5.41) is 9.50. The second-order valence-electron chi connectivity index (χ2n) is 8.44. The van der Waals surface area contributed by atoms with Crippen LogP contribution in [0, 0.1) is 0 Å². The molecule has 0 aliphatic carbocycles. The van der Waals surface area contributed by atoms with Crippen molar-refractivity contribution >= 4 is 43.1 Å². The highest BCUT2D eigenvalue weighted by molar-refractivity contribution is 6.31. The van der Waals surface area contributed by atoms with E-state index in [0.29, 0.717) is 6.61 Å². The van der Waals surface area contributed by atoms with E-state index in [1.165, 1.54) is 32.3 Å². The zero-order valence-electron chi connectivity index (χ0n) is 19.2. The Balaban J connectivity index is 1.66. The van der Waals surface area contributed by atoms with Gasteiger partial charge in [-0.05, 0) is 72.9 Å². The average Bonchev–Trinajstić information content (AvgIpc) is 2.91. The third-order valence-electron chi connectivity index (χ3n) is 6.54. The molecule has 3 nitrogen and oxygen atoms in total. The van der Waals surface area contributed by atoms with Crippen LogP contribution in [0.25, 0.3) is 43.1 Å². The minimum Gasteiger partial charge on any atom is -0.497 e. The molecule has 0 atom stereocenters. The highest BCUT2D eigenvalue weighted by atomic mass is 16.5. The van der Waals surface area contributed by atoms with Gasteiger partial charge in [-0.15, -0.1) is 0 Å². The molecule has 0 unspecified atom stereocenters. The Morgan fingerprint density at radius 1 is 0.529 bits per heavy atom. The molecule has 6 rings (SSSR count). The molecule has 6 aromatic carbocycles. The van der Waals surface area contributed by atoms with Gasteiger partial charge in [0.1, 0.15) is 12.4 Å². The predicted octanol–water partition coefficient (Wildman–Crippen LogP) is 7.90. The molecule has 6 aromatic rings. The molecule has 0 bridgehead atoms. The number of methoxy groups -OCH3 is 2. The number of hydrogen-bond acceptors (Lipinski definition) is 3. The van der Waals surface area contributed by atoms with E-state index in [1.54, 1.807) is 14.2 Å². The molecule has 0 saturated heterocycles. The van der Waals surface area contributed by atoms with Crippen molar-refractivity contribution in [3.63, 3.8) is 0 Å². The third kappa shape index (κ3) is 3.29. The summed E-state index contributed by atoms with van der Waals surface area (Å²) in [5.74, 6) is 2.32. The van der Waals surface area contributed by atoms with E-state index in [-0.39, 0.29) is 0 Å². The van der Waals surface area contributed by atoms with Gasteiger partial charge in [0.05, 0.1) is 14.2 Å². The fraction of sp³-hybridized carbons (Fsp3) is 0.0968. The second-order valence-corrected chi connectivity index (χ2v) is 8.44. The Hall–Kier alpha value is -4.24. The van der Waals surface area contributed by atoms with E-state index in [4.69, 9.17) is 14.2 Å². The molecule has 166 valence electrons. The van der Waals surface area contributed by atoms with Crippen molar-refractivity contribution in [2.45, 2.75) is 6.61 Å². The quantitative estimate of drug-likeness (QED) is 0.253. The highest BCUT2D eigenvalue weighted by Gasteiger charge is 2.15. The normalized spacial score (nSPS) is 11.4. The summed E-state index contributed by atoms with van der Waals surface area (Å²) in [4.78, 5) is 0. The monoisotopic (exact) mass is 444 g/mol. The van der Waals surface area contributed by atoms with Gasteiger partial charge in [-0.1, -0.05) is 72.8 Å². The summed E-state index contributed by atoms with van der Waals surface area (Å²) in [5.41, 5.74) is 1.12. The highest BCUT2D eigenvalue weighted by Crippen LogP contribution is 2.43. The Morgan fingerprint density at radius 2 is 1.24 bits per heavy atom. The van der Waals surface area contributed by atoms with Crippen LogP contribution in [0.2, 0.25) is 0 Å². The van der Waals surface area contributed by atoms with E-state index >= 15 is 0 Å². The van der Waals surface area contributed by atoms with Crippen LogP contribution < -0.4 is 14.2 Å². The van der Waals surface area contributed by atoms with Gasteiger partial charge in [-0.25, -0.2) is 0 Å². The van der Waals surface area contributed by atoms with Crippen molar-refractivity contribution in [2.24, 2.45) is 0 Å². The van der Waals surface area contributed by atoms with Crippen molar-refractivity contribution in [1.82, 2.24) is 0 Å². The Bertz CT molecular complexity index is 1670. The van der Waals surface area contributed by atoms with Crippen LogP contribution >= 0.6 is 0 Å². The number of benzene rings is 6. The first kappa shape index (κ1) is 20.4. The largest absolute Gasteiger partial charge is 0.497 e. The molecule has 0 spiro atoms. The Morgan fingerprint density at radius 3 is 2.00 bits per heavy atom. The maximum absolute atomic E-state index is 6.26. The van der Waals surface area contributed by atoms with Crippen LogP contribution in [0.3, 0.4) is 0 Å². The van der Waals surface area contributed by atoms with Crippen molar-refractivity contribution < 1.29 is 14.2 Å². The second kappa shape index (κ2) is 8.27. The smallest absolute Gasteiger partial charge is 0.162 e. The summed E-state index contributed by atoms with van der Waals surface area (Å²) >= 11 is 0. The van der Waals surface area contributed by atoms with Gasteiger partial charge in [0, 0.05) is 0 Å². The van der Waals surface area contributed by atoms with Crippen molar-refractivity contribution in [2.75, 3.05) is 14.2 Å². The zero-order chi connectivity index (χ0) is 23.1. The Kier molecular flexibility index (Phi) is 4.96. The van der Waals surface area contributed by atoms with Gasteiger partial charge >= 0.3 is 0 Å². The first-order valence-corrected chi connectivity index (χ1v) is 11.4. The molecule has 34 heavy (non-hydrogen) atoms. The molecule has 3 heteroatoms. The molecule has 0 fully saturated rings. The van der Waals surface area contributed by atoms with E-state index in [2.05, 4.69) is 72.8 Å². The summed E-state index contributed by atoms with van der Waals surface area (Å²) in [6.07, 6.45) is 0. The number of hydrogen-bond donors (Lipinski definition) is 0. The van der Waals surface area contributed by atoms with Crippen LogP contribution in [-0.2, 0) is 6.61 Å². The molecule has 0 amide bonds. The minimum absolute atomic E-state index is 0.481. The maximum atomic E-state index is 6.26. The predicted molar refractivity (Wildman–Crippen MR) is 140 cm³/mol. The van der Waals surface area contributed by atoms with E-state index in [9.17, 15) is 0 Å². The SMILES string of the molecule is COc1ccc2c(c1)c1ccccc1c1ccc3cc(OC)c(OCc4ccccc4)cc3c12. The summed E-state index contributed by atoms with van der Waals surface area (Å²) in [6.45, 7) is 0.481.